The van der Waals surface area contributed by atoms with Gasteiger partial charge in [0, 0.05) is 5.92 Å². The summed E-state index contributed by atoms with van der Waals surface area (Å²) in [6, 6.07) is 15.2. The molecule has 23 heavy (non-hydrogen) atoms. The number of rotatable bonds is 4. The average molecular weight is 331 g/mol. The second kappa shape index (κ2) is 5.44. The van der Waals surface area contributed by atoms with E-state index in [0.717, 1.165) is 0 Å². The van der Waals surface area contributed by atoms with Gasteiger partial charge in [0.25, 0.3) is 0 Å². The van der Waals surface area contributed by atoms with Crippen molar-refractivity contribution in [2.24, 2.45) is 5.41 Å². The van der Waals surface area contributed by atoms with Crippen molar-refractivity contribution in [1.82, 2.24) is 0 Å². The third-order valence-electron chi connectivity index (χ3n) is 4.36. The minimum Gasteiger partial charge on any atom is -0.395 e. The molecule has 0 aromatic heterocycles. The predicted molar refractivity (Wildman–Crippen MR) is 81.7 cm³/mol. The summed E-state index contributed by atoms with van der Waals surface area (Å²) < 4.78 is 38.8. The standard InChI is InChI=1S/C17H14FNO3S/c18-13-8-6-12(7-9-13)15-16(17(15,10-19)11-20)23(21,22)14-4-2-1-3-5-14/h1-9,15-16,20H,11H2/t15-,16-,17-/m0/s1. The number of nitrogens with zero attached hydrogens (tertiary/aromatic N) is 1. The van der Waals surface area contributed by atoms with E-state index < -0.39 is 38.8 Å². The Morgan fingerprint density at radius 2 is 1.74 bits per heavy atom. The van der Waals surface area contributed by atoms with E-state index in [-0.39, 0.29) is 4.90 Å². The molecule has 3 atom stereocenters. The normalized spacial score (nSPS) is 26.5. The fraction of sp³-hybridized carbons (Fsp3) is 0.235. The summed E-state index contributed by atoms with van der Waals surface area (Å²) in [7, 11) is -3.78. The van der Waals surface area contributed by atoms with Crippen molar-refractivity contribution in [1.29, 1.82) is 5.26 Å². The molecule has 0 heterocycles. The molecule has 1 aliphatic carbocycles. The Hall–Kier alpha value is -2.23. The Morgan fingerprint density at radius 1 is 1.13 bits per heavy atom. The second-order valence-electron chi connectivity index (χ2n) is 5.62. The number of aliphatic hydroxyl groups excluding tert-OH is 1. The van der Waals surface area contributed by atoms with Crippen LogP contribution in [0.5, 0.6) is 0 Å². The van der Waals surface area contributed by atoms with Crippen LogP contribution in [0.2, 0.25) is 0 Å². The number of aliphatic hydroxyl groups is 1. The third kappa shape index (κ3) is 2.33. The number of benzene rings is 2. The van der Waals surface area contributed by atoms with E-state index in [1.54, 1.807) is 18.2 Å². The zero-order valence-electron chi connectivity index (χ0n) is 12.1. The van der Waals surface area contributed by atoms with Crippen LogP contribution in [0, 0.1) is 22.6 Å². The number of hydrogen-bond donors (Lipinski definition) is 1. The van der Waals surface area contributed by atoms with E-state index in [1.165, 1.54) is 36.4 Å². The van der Waals surface area contributed by atoms with Crippen molar-refractivity contribution < 1.29 is 17.9 Å². The van der Waals surface area contributed by atoms with Crippen LogP contribution in [0.1, 0.15) is 11.5 Å². The molecular formula is C17H14FNO3S. The fourth-order valence-corrected chi connectivity index (χ4v) is 5.45. The Kier molecular flexibility index (Phi) is 3.71. The van der Waals surface area contributed by atoms with Crippen LogP contribution in [0.25, 0.3) is 0 Å². The summed E-state index contributed by atoms with van der Waals surface area (Å²) >= 11 is 0. The van der Waals surface area contributed by atoms with Gasteiger partial charge in [0.05, 0.1) is 22.8 Å². The van der Waals surface area contributed by atoms with Crippen molar-refractivity contribution in [3.05, 3.63) is 66.0 Å². The van der Waals surface area contributed by atoms with Gasteiger partial charge in [-0.25, -0.2) is 12.8 Å². The van der Waals surface area contributed by atoms with Crippen LogP contribution < -0.4 is 0 Å². The minimum absolute atomic E-state index is 0.114. The van der Waals surface area contributed by atoms with E-state index in [1.807, 2.05) is 6.07 Å². The van der Waals surface area contributed by atoms with E-state index in [2.05, 4.69) is 0 Å². The van der Waals surface area contributed by atoms with Crippen LogP contribution >= 0.6 is 0 Å². The zero-order valence-corrected chi connectivity index (χ0v) is 12.9. The first-order chi connectivity index (χ1) is 11.0. The summed E-state index contributed by atoms with van der Waals surface area (Å²) in [6.45, 7) is -0.567. The van der Waals surface area contributed by atoms with Gasteiger partial charge in [-0.15, -0.1) is 0 Å². The van der Waals surface area contributed by atoms with Gasteiger partial charge < -0.3 is 5.11 Å². The largest absolute Gasteiger partial charge is 0.395 e. The molecule has 3 rings (SSSR count). The van der Waals surface area contributed by atoms with Crippen LogP contribution in [0.4, 0.5) is 4.39 Å². The molecule has 2 aromatic rings. The first kappa shape index (κ1) is 15.7. The lowest BCUT2D eigenvalue weighted by molar-refractivity contribution is 0.242. The highest BCUT2D eigenvalue weighted by Crippen LogP contribution is 2.63. The number of halogens is 1. The van der Waals surface area contributed by atoms with Gasteiger partial charge in [0.2, 0.25) is 0 Å². The molecular weight excluding hydrogens is 317 g/mol. The highest BCUT2D eigenvalue weighted by Gasteiger charge is 2.72. The van der Waals surface area contributed by atoms with Crippen molar-refractivity contribution in [3.8, 4) is 6.07 Å². The maximum Gasteiger partial charge on any atom is 0.183 e. The van der Waals surface area contributed by atoms with Gasteiger partial charge in [-0.3, -0.25) is 0 Å². The lowest BCUT2D eigenvalue weighted by Crippen LogP contribution is -2.18. The summed E-state index contributed by atoms with van der Waals surface area (Å²) in [6.07, 6.45) is 0. The topological polar surface area (TPSA) is 78.2 Å². The first-order valence-corrected chi connectivity index (χ1v) is 8.58. The van der Waals surface area contributed by atoms with Gasteiger partial charge >= 0.3 is 0 Å². The summed E-state index contributed by atoms with van der Waals surface area (Å²) in [5, 5.41) is 18.1. The molecule has 0 spiro atoms. The van der Waals surface area contributed by atoms with E-state index in [0.29, 0.717) is 5.56 Å². The van der Waals surface area contributed by atoms with E-state index in [9.17, 15) is 23.2 Å². The smallest absolute Gasteiger partial charge is 0.183 e. The number of nitriles is 1. The molecule has 118 valence electrons. The van der Waals surface area contributed by atoms with Crippen LogP contribution in [0.15, 0.2) is 59.5 Å². The van der Waals surface area contributed by atoms with Gasteiger partial charge in [0.1, 0.15) is 11.2 Å². The maximum atomic E-state index is 13.1. The molecule has 4 nitrogen and oxygen atoms in total. The molecule has 0 radical (unpaired) electrons. The Balaban J connectivity index is 2.07. The molecule has 0 saturated heterocycles. The Bertz CT molecular complexity index is 859. The van der Waals surface area contributed by atoms with E-state index >= 15 is 0 Å². The highest BCUT2D eigenvalue weighted by molar-refractivity contribution is 7.92. The molecule has 6 heteroatoms. The molecule has 1 aliphatic rings. The van der Waals surface area contributed by atoms with Gasteiger partial charge in [-0.05, 0) is 29.8 Å². The fourth-order valence-electron chi connectivity index (χ4n) is 3.12. The third-order valence-corrected chi connectivity index (χ3v) is 6.65. The van der Waals surface area contributed by atoms with Crippen molar-refractivity contribution in [3.63, 3.8) is 0 Å². The molecule has 0 aliphatic heterocycles. The van der Waals surface area contributed by atoms with Crippen molar-refractivity contribution in [2.45, 2.75) is 16.1 Å². The van der Waals surface area contributed by atoms with Gasteiger partial charge in [-0.1, -0.05) is 30.3 Å². The molecule has 0 unspecified atom stereocenters. The highest BCUT2D eigenvalue weighted by atomic mass is 32.2. The molecule has 1 saturated carbocycles. The number of hydrogen-bond acceptors (Lipinski definition) is 4. The molecule has 0 amide bonds. The quantitative estimate of drug-likeness (QED) is 0.932. The summed E-state index contributed by atoms with van der Waals surface area (Å²) in [4.78, 5) is 0.114. The van der Waals surface area contributed by atoms with Crippen LogP contribution in [-0.4, -0.2) is 25.4 Å². The molecule has 2 aromatic carbocycles. The van der Waals surface area contributed by atoms with Crippen LogP contribution in [0.3, 0.4) is 0 Å². The average Bonchev–Trinajstić information content (AvgIpc) is 3.27. The lowest BCUT2D eigenvalue weighted by atomic mass is 10.0. The summed E-state index contributed by atoms with van der Waals surface area (Å²) in [5.74, 6) is -1.12. The zero-order chi connectivity index (χ0) is 16.7. The monoisotopic (exact) mass is 331 g/mol. The molecule has 1 N–H and O–H groups in total. The lowest BCUT2D eigenvalue weighted by Gasteiger charge is -2.05. The summed E-state index contributed by atoms with van der Waals surface area (Å²) in [5.41, 5.74) is -0.863. The Labute approximate surface area is 133 Å². The minimum atomic E-state index is -3.78. The van der Waals surface area contributed by atoms with Crippen molar-refractivity contribution >= 4 is 9.84 Å². The molecule has 1 fully saturated rings. The number of sulfone groups is 1. The van der Waals surface area contributed by atoms with E-state index in [4.69, 9.17) is 0 Å². The SMILES string of the molecule is N#C[C@]1(CO)[C@@H](c2ccc(F)cc2)[C@@H]1S(=O)(=O)c1ccccc1. The van der Waals surface area contributed by atoms with Crippen molar-refractivity contribution in [2.75, 3.05) is 6.61 Å². The van der Waals surface area contributed by atoms with Crippen LogP contribution in [-0.2, 0) is 9.84 Å². The maximum absolute atomic E-state index is 13.1. The Morgan fingerprint density at radius 3 is 2.26 bits per heavy atom. The molecule has 0 bridgehead atoms. The predicted octanol–water partition coefficient (Wildman–Crippen LogP) is 2.27. The second-order valence-corrected chi connectivity index (χ2v) is 7.69. The van der Waals surface area contributed by atoms with Gasteiger partial charge in [0.15, 0.2) is 9.84 Å². The first-order valence-electron chi connectivity index (χ1n) is 7.04. The van der Waals surface area contributed by atoms with Gasteiger partial charge in [-0.2, -0.15) is 5.26 Å².